The Balaban J connectivity index is 0.00000272. The van der Waals surface area contributed by atoms with Crippen LogP contribution in [0.4, 0.5) is 5.69 Å². The molecule has 2 aliphatic heterocycles. The van der Waals surface area contributed by atoms with Gasteiger partial charge >= 0.3 is 29.6 Å². The second-order valence-electron chi connectivity index (χ2n) is 7.52. The standard InChI is InChI=1S/C22H21N3O5.Na/c1-12(26)19-17-11-16(20(22(29)30)25(17)21(19)28)14-4-2-13(3-5-14)10-18(27)24-15-6-8-23-9-7-15;/h2-9,12,17,19,26H,10-11H2,1H3,(H,29,30)(H,23,24,27);/q;+1/p-1/t12-,17-,19-;/m1./s1. The van der Waals surface area contributed by atoms with Crippen LogP contribution in [-0.2, 0) is 20.8 Å². The number of aliphatic hydroxyl groups is 1. The summed E-state index contributed by atoms with van der Waals surface area (Å²) in [6.45, 7) is 1.53. The molecular weight excluding hydrogens is 409 g/mol. The molecular formula is C22H20N3NaO5. The molecule has 0 spiro atoms. The number of nitrogens with one attached hydrogen (secondary N) is 1. The summed E-state index contributed by atoms with van der Waals surface area (Å²) in [5, 5.41) is 24.3. The molecule has 3 heterocycles. The smallest absolute Gasteiger partial charge is 0.543 e. The van der Waals surface area contributed by atoms with E-state index in [9.17, 15) is 24.6 Å². The number of pyridine rings is 1. The quantitative estimate of drug-likeness (QED) is 0.382. The van der Waals surface area contributed by atoms with E-state index in [4.69, 9.17) is 0 Å². The molecule has 0 bridgehead atoms. The van der Waals surface area contributed by atoms with Crippen LogP contribution in [0.1, 0.15) is 24.5 Å². The van der Waals surface area contributed by atoms with Gasteiger partial charge < -0.3 is 25.2 Å². The molecule has 1 fully saturated rings. The van der Waals surface area contributed by atoms with Crippen molar-refractivity contribution in [2.75, 3.05) is 5.32 Å². The van der Waals surface area contributed by atoms with Gasteiger partial charge in [0.05, 0.1) is 36.2 Å². The Morgan fingerprint density at radius 3 is 2.45 bits per heavy atom. The predicted molar refractivity (Wildman–Crippen MR) is 105 cm³/mol. The molecule has 2 amide bonds. The summed E-state index contributed by atoms with van der Waals surface area (Å²) in [7, 11) is 0. The zero-order valence-electron chi connectivity index (χ0n) is 17.2. The van der Waals surface area contributed by atoms with E-state index in [1.807, 2.05) is 0 Å². The van der Waals surface area contributed by atoms with Crippen LogP contribution in [0.3, 0.4) is 0 Å². The summed E-state index contributed by atoms with van der Waals surface area (Å²) in [6.07, 6.45) is 2.83. The first-order chi connectivity index (χ1) is 14.4. The van der Waals surface area contributed by atoms with Gasteiger partial charge in [-0.05, 0) is 42.2 Å². The van der Waals surface area contributed by atoms with E-state index in [0.29, 0.717) is 23.2 Å². The first-order valence-electron chi connectivity index (χ1n) is 9.61. The van der Waals surface area contributed by atoms with E-state index in [0.717, 1.165) is 5.56 Å². The number of carboxylic acids is 1. The minimum atomic E-state index is -1.41. The molecule has 0 saturated carbocycles. The number of benzene rings is 1. The van der Waals surface area contributed by atoms with Gasteiger partial charge in [0.2, 0.25) is 11.8 Å². The number of aliphatic carboxylic acids is 1. The minimum absolute atomic E-state index is 0. The summed E-state index contributed by atoms with van der Waals surface area (Å²) >= 11 is 0. The fourth-order valence-corrected chi connectivity index (χ4v) is 4.17. The van der Waals surface area contributed by atoms with Crippen LogP contribution in [0.2, 0.25) is 0 Å². The van der Waals surface area contributed by atoms with E-state index in [1.54, 1.807) is 48.8 Å². The molecule has 2 aromatic rings. The predicted octanol–water partition coefficient (Wildman–Crippen LogP) is -2.66. The molecule has 4 rings (SSSR count). The maximum atomic E-state index is 12.3. The average molecular weight is 429 g/mol. The van der Waals surface area contributed by atoms with Crippen LogP contribution >= 0.6 is 0 Å². The summed E-state index contributed by atoms with van der Waals surface area (Å²) in [5.41, 5.74) is 2.44. The number of nitrogens with zero attached hydrogens (tertiary/aromatic N) is 2. The molecule has 2 N–H and O–H groups in total. The number of β-lactam (4-membered cyclic amide) rings is 1. The monoisotopic (exact) mass is 429 g/mol. The van der Waals surface area contributed by atoms with E-state index in [-0.39, 0.29) is 53.6 Å². The van der Waals surface area contributed by atoms with Crippen LogP contribution in [0.5, 0.6) is 0 Å². The Labute approximate surface area is 201 Å². The number of aromatic nitrogens is 1. The van der Waals surface area contributed by atoms with E-state index in [1.165, 1.54) is 11.8 Å². The van der Waals surface area contributed by atoms with Gasteiger partial charge in [0.25, 0.3) is 0 Å². The van der Waals surface area contributed by atoms with Gasteiger partial charge in [-0.1, -0.05) is 24.3 Å². The largest absolute Gasteiger partial charge is 1.00 e. The molecule has 0 aliphatic carbocycles. The Hall–Kier alpha value is -2.52. The SMILES string of the molecule is C[C@@H](O)[C@H]1C(=O)N2C(C(=O)[O-])=C(c3ccc(CC(=O)Nc4ccncc4)cc3)C[C@H]12.[Na+]. The van der Waals surface area contributed by atoms with Gasteiger partial charge in [0.15, 0.2) is 0 Å². The first-order valence-corrected chi connectivity index (χ1v) is 9.61. The number of fused-ring (bicyclic) bond motifs is 1. The fourth-order valence-electron chi connectivity index (χ4n) is 4.17. The van der Waals surface area contributed by atoms with E-state index >= 15 is 0 Å². The van der Waals surface area contributed by atoms with Gasteiger partial charge in [-0.3, -0.25) is 14.6 Å². The summed E-state index contributed by atoms with van der Waals surface area (Å²) in [4.78, 5) is 41.3. The van der Waals surface area contributed by atoms with Crippen molar-refractivity contribution in [3.8, 4) is 0 Å². The molecule has 0 radical (unpaired) electrons. The molecule has 154 valence electrons. The van der Waals surface area contributed by atoms with Crippen LogP contribution < -0.4 is 40.0 Å². The molecule has 1 saturated heterocycles. The number of anilines is 1. The van der Waals surface area contributed by atoms with E-state index in [2.05, 4.69) is 10.3 Å². The third-order valence-corrected chi connectivity index (χ3v) is 5.55. The van der Waals surface area contributed by atoms with Gasteiger partial charge in [-0.2, -0.15) is 0 Å². The number of carbonyl (C=O) groups excluding carboxylic acids is 3. The maximum absolute atomic E-state index is 12.3. The molecule has 8 nitrogen and oxygen atoms in total. The van der Waals surface area contributed by atoms with Crippen molar-refractivity contribution in [1.29, 1.82) is 0 Å². The molecule has 1 aromatic heterocycles. The van der Waals surface area contributed by atoms with Gasteiger partial charge in [0.1, 0.15) is 0 Å². The number of hydrogen-bond donors (Lipinski definition) is 2. The van der Waals surface area contributed by atoms with Crippen molar-refractivity contribution in [2.45, 2.75) is 31.9 Å². The van der Waals surface area contributed by atoms with Crippen molar-refractivity contribution in [1.82, 2.24) is 9.88 Å². The van der Waals surface area contributed by atoms with Crippen molar-refractivity contribution in [3.05, 3.63) is 65.6 Å². The Morgan fingerprint density at radius 1 is 1.23 bits per heavy atom. The summed E-state index contributed by atoms with van der Waals surface area (Å²) in [6, 6.07) is 10.0. The van der Waals surface area contributed by atoms with Crippen molar-refractivity contribution >= 4 is 29.0 Å². The van der Waals surface area contributed by atoms with Gasteiger partial charge in [0, 0.05) is 18.1 Å². The summed E-state index contributed by atoms with van der Waals surface area (Å²) < 4.78 is 0. The Morgan fingerprint density at radius 2 is 1.87 bits per heavy atom. The van der Waals surface area contributed by atoms with Gasteiger partial charge in [-0.15, -0.1) is 0 Å². The van der Waals surface area contributed by atoms with Crippen molar-refractivity contribution < 1.29 is 54.2 Å². The van der Waals surface area contributed by atoms with Gasteiger partial charge in [-0.25, -0.2) is 0 Å². The first kappa shape index (κ1) is 23.1. The molecule has 1 aromatic carbocycles. The second kappa shape index (κ2) is 9.32. The zero-order chi connectivity index (χ0) is 21.4. The normalized spacial score (nSPS) is 20.5. The van der Waals surface area contributed by atoms with Crippen LogP contribution in [0.25, 0.3) is 5.57 Å². The number of aliphatic hydroxyl groups excluding tert-OH is 1. The minimum Gasteiger partial charge on any atom is -0.543 e. The van der Waals surface area contributed by atoms with Crippen LogP contribution in [0.15, 0.2) is 54.5 Å². The Bertz CT molecular complexity index is 1040. The average Bonchev–Trinajstić information content (AvgIpc) is 3.04. The molecule has 0 unspecified atom stereocenters. The maximum Gasteiger partial charge on any atom is 1.00 e. The molecule has 31 heavy (non-hydrogen) atoms. The number of carboxylic acid groups (broad SMARTS) is 1. The second-order valence-corrected chi connectivity index (χ2v) is 7.52. The fraction of sp³-hybridized carbons (Fsp3) is 0.273. The summed E-state index contributed by atoms with van der Waals surface area (Å²) in [5.74, 6) is -2.59. The van der Waals surface area contributed by atoms with E-state index < -0.39 is 23.9 Å². The third kappa shape index (κ3) is 4.43. The van der Waals surface area contributed by atoms with Crippen LogP contribution in [0, 0.1) is 5.92 Å². The third-order valence-electron chi connectivity index (χ3n) is 5.55. The number of hydrogen-bond acceptors (Lipinski definition) is 6. The molecule has 3 atom stereocenters. The van der Waals surface area contributed by atoms with Crippen LogP contribution in [-0.4, -0.2) is 44.9 Å². The van der Waals surface area contributed by atoms with Crippen molar-refractivity contribution in [2.24, 2.45) is 5.92 Å². The molecule has 9 heteroatoms. The topological polar surface area (TPSA) is 123 Å². The number of rotatable bonds is 6. The van der Waals surface area contributed by atoms with Crippen molar-refractivity contribution in [3.63, 3.8) is 0 Å². The number of carbonyl (C=O) groups is 3. The molecule has 2 aliphatic rings. The number of amides is 2. The zero-order valence-corrected chi connectivity index (χ0v) is 19.2. The Kier molecular flexibility index (Phi) is 6.96.